The van der Waals surface area contributed by atoms with Crippen LogP contribution >= 0.6 is 22.9 Å². The molecule has 3 nitrogen and oxygen atoms in total. The molecule has 2 rings (SSSR count). The largest absolute Gasteiger partial charge is 0.480 e. The number of benzene rings is 1. The Hall–Kier alpha value is -1.10. The van der Waals surface area contributed by atoms with Crippen LogP contribution < -0.4 is 5.32 Å². The maximum Gasteiger partial charge on any atom is 0.323 e. The topological polar surface area (TPSA) is 49.3 Å². The predicted octanol–water partition coefficient (Wildman–Crippen LogP) is 4.29. The Balaban J connectivity index is 2.20. The lowest BCUT2D eigenvalue weighted by Crippen LogP contribution is -2.48. The van der Waals surface area contributed by atoms with Crippen molar-refractivity contribution in [1.82, 2.24) is 5.32 Å². The summed E-state index contributed by atoms with van der Waals surface area (Å²) in [5.74, 6) is -0.823. The molecule has 0 saturated heterocycles. The Morgan fingerprint density at radius 2 is 2.15 bits per heavy atom. The minimum atomic E-state index is -0.908. The van der Waals surface area contributed by atoms with Crippen molar-refractivity contribution in [2.45, 2.75) is 38.8 Å². The van der Waals surface area contributed by atoms with Gasteiger partial charge in [0.2, 0.25) is 0 Å². The molecule has 1 heterocycles. The second-order valence-corrected chi connectivity index (χ2v) is 6.59. The first-order valence-corrected chi connectivity index (χ1v) is 7.81. The van der Waals surface area contributed by atoms with Gasteiger partial charge in [-0.15, -0.1) is 11.3 Å². The molecule has 2 aromatic rings. The van der Waals surface area contributed by atoms with Gasteiger partial charge in [-0.1, -0.05) is 43.1 Å². The van der Waals surface area contributed by atoms with Crippen molar-refractivity contribution in [3.63, 3.8) is 0 Å². The highest BCUT2D eigenvalue weighted by atomic mass is 35.5. The molecule has 1 aromatic carbocycles. The number of rotatable bonds is 6. The number of carboxylic acid groups (broad SMARTS) is 1. The van der Waals surface area contributed by atoms with Crippen LogP contribution in [0.1, 0.15) is 31.6 Å². The summed E-state index contributed by atoms with van der Waals surface area (Å²) < 4.78 is 1.13. The van der Waals surface area contributed by atoms with E-state index in [0.29, 0.717) is 13.0 Å². The van der Waals surface area contributed by atoms with E-state index in [1.807, 2.05) is 31.2 Å². The van der Waals surface area contributed by atoms with Crippen molar-refractivity contribution in [2.24, 2.45) is 0 Å². The smallest absolute Gasteiger partial charge is 0.323 e. The number of thiophene rings is 1. The molecule has 1 atom stereocenters. The lowest BCUT2D eigenvalue weighted by atomic mass is 9.96. The first kappa shape index (κ1) is 15.3. The van der Waals surface area contributed by atoms with Crippen molar-refractivity contribution in [3.8, 4) is 0 Å². The van der Waals surface area contributed by atoms with Gasteiger partial charge in [0.05, 0.1) is 5.02 Å². The highest BCUT2D eigenvalue weighted by Gasteiger charge is 2.31. The number of aliphatic carboxylic acids is 1. The molecule has 5 heteroatoms. The molecule has 108 valence electrons. The SMILES string of the molecule is CCCC(C)(NCc1sc2ccccc2c1Cl)C(=O)O. The summed E-state index contributed by atoms with van der Waals surface area (Å²) in [5.41, 5.74) is -0.908. The normalized spacial score (nSPS) is 14.3. The van der Waals surface area contributed by atoms with E-state index >= 15 is 0 Å². The lowest BCUT2D eigenvalue weighted by molar-refractivity contribution is -0.144. The molecule has 2 N–H and O–H groups in total. The van der Waals surface area contributed by atoms with Crippen LogP contribution in [0.25, 0.3) is 10.1 Å². The summed E-state index contributed by atoms with van der Waals surface area (Å²) in [7, 11) is 0. The molecular formula is C15H18ClNO2S. The predicted molar refractivity (Wildman–Crippen MR) is 84.6 cm³/mol. The minimum absolute atomic E-state index is 0.473. The van der Waals surface area contributed by atoms with E-state index in [1.54, 1.807) is 18.3 Å². The summed E-state index contributed by atoms with van der Waals surface area (Å²) >= 11 is 7.97. The van der Waals surface area contributed by atoms with Crippen LogP contribution in [0, 0.1) is 0 Å². The van der Waals surface area contributed by atoms with E-state index in [9.17, 15) is 9.90 Å². The number of hydrogen-bond donors (Lipinski definition) is 2. The summed E-state index contributed by atoms with van der Waals surface area (Å²) in [6.07, 6.45) is 1.40. The van der Waals surface area contributed by atoms with E-state index in [2.05, 4.69) is 5.32 Å². The van der Waals surface area contributed by atoms with Crippen LogP contribution in [0.15, 0.2) is 24.3 Å². The molecule has 0 spiro atoms. The van der Waals surface area contributed by atoms with Gasteiger partial charge in [0.25, 0.3) is 0 Å². The maximum absolute atomic E-state index is 11.4. The van der Waals surface area contributed by atoms with Crippen molar-refractivity contribution >= 4 is 39.0 Å². The van der Waals surface area contributed by atoms with E-state index in [4.69, 9.17) is 11.6 Å². The number of fused-ring (bicyclic) bond motifs is 1. The molecule has 0 bridgehead atoms. The Morgan fingerprint density at radius 1 is 1.45 bits per heavy atom. The summed E-state index contributed by atoms with van der Waals surface area (Å²) in [4.78, 5) is 12.4. The average molecular weight is 312 g/mol. The number of halogens is 1. The molecule has 0 aliphatic rings. The first-order chi connectivity index (χ1) is 9.48. The summed E-state index contributed by atoms with van der Waals surface area (Å²) in [6.45, 7) is 4.18. The third-order valence-corrected chi connectivity index (χ3v) is 5.18. The lowest BCUT2D eigenvalue weighted by Gasteiger charge is -2.25. The number of carboxylic acids is 1. The fourth-order valence-corrected chi connectivity index (χ4v) is 3.66. The van der Waals surface area contributed by atoms with Crippen molar-refractivity contribution in [1.29, 1.82) is 0 Å². The van der Waals surface area contributed by atoms with E-state index in [1.165, 1.54) is 0 Å². The fourth-order valence-electron chi connectivity index (χ4n) is 2.22. The number of carbonyl (C=O) groups is 1. The monoisotopic (exact) mass is 311 g/mol. The van der Waals surface area contributed by atoms with Crippen LogP contribution in [0.4, 0.5) is 0 Å². The van der Waals surface area contributed by atoms with E-state index in [0.717, 1.165) is 26.4 Å². The van der Waals surface area contributed by atoms with Gasteiger partial charge >= 0.3 is 5.97 Å². The molecule has 20 heavy (non-hydrogen) atoms. The van der Waals surface area contributed by atoms with Crippen molar-refractivity contribution in [3.05, 3.63) is 34.2 Å². The Kier molecular flexibility index (Phi) is 4.68. The molecule has 0 amide bonds. The molecule has 0 aliphatic heterocycles. The van der Waals surface area contributed by atoms with Gasteiger partial charge < -0.3 is 5.11 Å². The van der Waals surface area contributed by atoms with Crippen LogP contribution in [0.3, 0.4) is 0 Å². The third-order valence-electron chi connectivity index (χ3n) is 3.46. The van der Waals surface area contributed by atoms with Gasteiger partial charge in [-0.25, -0.2) is 0 Å². The molecule has 0 saturated carbocycles. The maximum atomic E-state index is 11.4. The third kappa shape index (κ3) is 2.97. The zero-order chi connectivity index (χ0) is 14.8. The second-order valence-electron chi connectivity index (χ2n) is 5.08. The number of nitrogens with one attached hydrogen (secondary N) is 1. The van der Waals surface area contributed by atoms with E-state index < -0.39 is 11.5 Å². The Labute approximate surface area is 127 Å². The highest BCUT2D eigenvalue weighted by Crippen LogP contribution is 2.35. The second kappa shape index (κ2) is 6.12. The first-order valence-electron chi connectivity index (χ1n) is 6.62. The number of hydrogen-bond acceptors (Lipinski definition) is 3. The Morgan fingerprint density at radius 3 is 2.75 bits per heavy atom. The van der Waals surface area contributed by atoms with Crippen molar-refractivity contribution in [2.75, 3.05) is 0 Å². The van der Waals surface area contributed by atoms with Crippen LogP contribution in [-0.4, -0.2) is 16.6 Å². The fraction of sp³-hybridized carbons (Fsp3) is 0.400. The quantitative estimate of drug-likeness (QED) is 0.836. The van der Waals surface area contributed by atoms with Crippen LogP contribution in [-0.2, 0) is 11.3 Å². The van der Waals surface area contributed by atoms with Gasteiger partial charge in [0.15, 0.2) is 0 Å². The van der Waals surface area contributed by atoms with Gasteiger partial charge in [-0.05, 0) is 19.4 Å². The Bertz CT molecular complexity index is 625. The van der Waals surface area contributed by atoms with Crippen LogP contribution in [0.5, 0.6) is 0 Å². The van der Waals surface area contributed by atoms with E-state index in [-0.39, 0.29) is 0 Å². The zero-order valence-corrected chi connectivity index (χ0v) is 13.1. The van der Waals surface area contributed by atoms with Gasteiger partial charge in [0.1, 0.15) is 5.54 Å². The highest BCUT2D eigenvalue weighted by molar-refractivity contribution is 7.19. The summed E-state index contributed by atoms with van der Waals surface area (Å²) in [6, 6.07) is 7.94. The standard InChI is InChI=1S/C15H18ClNO2S/c1-3-8-15(2,14(18)19)17-9-12-13(16)10-6-4-5-7-11(10)20-12/h4-7,17H,3,8-9H2,1-2H3,(H,18,19). The molecular weight excluding hydrogens is 294 g/mol. The van der Waals surface area contributed by atoms with Crippen molar-refractivity contribution < 1.29 is 9.90 Å². The van der Waals surface area contributed by atoms with Crippen LogP contribution in [0.2, 0.25) is 5.02 Å². The van der Waals surface area contributed by atoms with Gasteiger partial charge in [-0.2, -0.15) is 0 Å². The molecule has 1 aromatic heterocycles. The molecule has 0 fully saturated rings. The minimum Gasteiger partial charge on any atom is -0.480 e. The average Bonchev–Trinajstić information content (AvgIpc) is 2.74. The van der Waals surface area contributed by atoms with Gasteiger partial charge in [0, 0.05) is 21.5 Å². The molecule has 1 unspecified atom stereocenters. The zero-order valence-electron chi connectivity index (χ0n) is 11.6. The summed E-state index contributed by atoms with van der Waals surface area (Å²) in [5, 5.41) is 14.3. The molecule has 0 aliphatic carbocycles. The molecule has 0 radical (unpaired) electrons. The van der Waals surface area contributed by atoms with Gasteiger partial charge in [-0.3, -0.25) is 10.1 Å².